The highest BCUT2D eigenvalue weighted by atomic mass is 16.5. The summed E-state index contributed by atoms with van der Waals surface area (Å²) >= 11 is 0. The zero-order valence-electron chi connectivity index (χ0n) is 19.5. The molecule has 0 atom stereocenters. The van der Waals surface area contributed by atoms with Crippen LogP contribution in [0.2, 0.25) is 0 Å². The second-order valence-corrected chi connectivity index (χ2v) is 9.58. The van der Waals surface area contributed by atoms with Gasteiger partial charge in [-0.15, -0.1) is 0 Å². The summed E-state index contributed by atoms with van der Waals surface area (Å²) in [4.78, 5) is 12.1. The molecule has 1 aromatic heterocycles. The fourth-order valence-corrected chi connectivity index (χ4v) is 3.74. The summed E-state index contributed by atoms with van der Waals surface area (Å²) in [5, 5.41) is 8.04. The fraction of sp³-hybridized carbons (Fsp3) is 0.652. The van der Waals surface area contributed by atoms with E-state index >= 15 is 0 Å². The number of nitrogens with zero attached hydrogens (tertiary/aromatic N) is 3. The van der Waals surface area contributed by atoms with Crippen molar-refractivity contribution in [2.75, 3.05) is 44.5 Å². The minimum Gasteiger partial charge on any atom is -0.493 e. The molecular weight excluding hydrogens is 378 g/mol. The SMILES string of the molecule is COc1cc2nc(NCC(C)(C)C)nc(NC3CCN(C(C)C)CC3)c2cc1OC. The molecule has 0 spiro atoms. The number of nitrogens with one attached hydrogen (secondary N) is 2. The van der Waals surface area contributed by atoms with Gasteiger partial charge < -0.3 is 25.0 Å². The lowest BCUT2D eigenvalue weighted by atomic mass is 9.97. The Bertz CT molecular complexity index is 855. The number of aromatic nitrogens is 2. The lowest BCUT2D eigenvalue weighted by molar-refractivity contribution is 0.177. The Balaban J connectivity index is 1.92. The summed E-state index contributed by atoms with van der Waals surface area (Å²) in [6.07, 6.45) is 2.20. The van der Waals surface area contributed by atoms with Crippen molar-refractivity contribution >= 4 is 22.7 Å². The van der Waals surface area contributed by atoms with Gasteiger partial charge in [-0.05, 0) is 38.2 Å². The van der Waals surface area contributed by atoms with Crippen LogP contribution in [-0.4, -0.2) is 60.8 Å². The van der Waals surface area contributed by atoms with E-state index in [1.54, 1.807) is 14.2 Å². The van der Waals surface area contributed by atoms with Gasteiger partial charge in [-0.3, -0.25) is 0 Å². The Morgan fingerprint density at radius 1 is 1.07 bits per heavy atom. The number of hydrogen-bond donors (Lipinski definition) is 2. The second-order valence-electron chi connectivity index (χ2n) is 9.58. The molecular formula is C23H37N5O2. The molecule has 1 aliphatic rings. The third-order valence-electron chi connectivity index (χ3n) is 5.58. The maximum atomic E-state index is 5.52. The molecule has 0 amide bonds. The van der Waals surface area contributed by atoms with Gasteiger partial charge in [-0.1, -0.05) is 20.8 Å². The molecule has 30 heavy (non-hydrogen) atoms. The van der Waals surface area contributed by atoms with Gasteiger partial charge in [0.2, 0.25) is 5.95 Å². The van der Waals surface area contributed by atoms with Crippen molar-refractivity contribution in [1.82, 2.24) is 14.9 Å². The first-order chi connectivity index (χ1) is 14.2. The molecule has 1 aliphatic heterocycles. The predicted molar refractivity (Wildman–Crippen MR) is 124 cm³/mol. The molecule has 0 radical (unpaired) electrons. The Morgan fingerprint density at radius 3 is 2.27 bits per heavy atom. The van der Waals surface area contributed by atoms with Crippen LogP contribution in [0.3, 0.4) is 0 Å². The fourth-order valence-electron chi connectivity index (χ4n) is 3.74. The quantitative estimate of drug-likeness (QED) is 0.695. The Labute approximate surface area is 180 Å². The molecule has 1 saturated heterocycles. The van der Waals surface area contributed by atoms with Gasteiger partial charge in [0.05, 0.1) is 19.7 Å². The first-order valence-electron chi connectivity index (χ1n) is 10.9. The summed E-state index contributed by atoms with van der Waals surface area (Å²) < 4.78 is 11.0. The van der Waals surface area contributed by atoms with E-state index in [-0.39, 0.29) is 5.41 Å². The van der Waals surface area contributed by atoms with Crippen LogP contribution in [0.5, 0.6) is 11.5 Å². The van der Waals surface area contributed by atoms with Crippen LogP contribution in [0, 0.1) is 5.41 Å². The van der Waals surface area contributed by atoms with Crippen LogP contribution in [0.4, 0.5) is 11.8 Å². The van der Waals surface area contributed by atoms with Crippen molar-refractivity contribution in [1.29, 1.82) is 0 Å². The Hall–Kier alpha value is -2.28. The van der Waals surface area contributed by atoms with Crippen LogP contribution < -0.4 is 20.1 Å². The molecule has 0 saturated carbocycles. The number of likely N-dealkylation sites (tertiary alicyclic amines) is 1. The van der Waals surface area contributed by atoms with Gasteiger partial charge in [-0.25, -0.2) is 4.98 Å². The molecule has 2 aromatic rings. The Kier molecular flexibility index (Phi) is 6.91. The highest BCUT2D eigenvalue weighted by molar-refractivity contribution is 5.92. The van der Waals surface area contributed by atoms with E-state index in [4.69, 9.17) is 19.4 Å². The highest BCUT2D eigenvalue weighted by Gasteiger charge is 2.23. The smallest absolute Gasteiger partial charge is 0.225 e. The number of methoxy groups -OCH3 is 2. The zero-order chi connectivity index (χ0) is 21.9. The van der Waals surface area contributed by atoms with Crippen molar-refractivity contribution in [3.63, 3.8) is 0 Å². The maximum absolute atomic E-state index is 5.52. The molecule has 7 nitrogen and oxygen atoms in total. The molecule has 1 fully saturated rings. The van der Waals surface area contributed by atoms with Crippen molar-refractivity contribution < 1.29 is 9.47 Å². The summed E-state index contributed by atoms with van der Waals surface area (Å²) in [6.45, 7) is 14.1. The summed E-state index contributed by atoms with van der Waals surface area (Å²) in [7, 11) is 3.30. The van der Waals surface area contributed by atoms with Crippen molar-refractivity contribution in [3.8, 4) is 11.5 Å². The predicted octanol–water partition coefficient (Wildman–Crippen LogP) is 4.39. The van der Waals surface area contributed by atoms with E-state index in [2.05, 4.69) is 50.2 Å². The summed E-state index contributed by atoms with van der Waals surface area (Å²) in [6, 6.07) is 4.87. The van der Waals surface area contributed by atoms with Crippen LogP contribution >= 0.6 is 0 Å². The van der Waals surface area contributed by atoms with E-state index < -0.39 is 0 Å². The molecule has 166 valence electrons. The maximum Gasteiger partial charge on any atom is 0.225 e. The first-order valence-corrected chi connectivity index (χ1v) is 10.9. The van der Waals surface area contributed by atoms with E-state index in [9.17, 15) is 0 Å². The number of anilines is 2. The lowest BCUT2D eigenvalue weighted by Crippen LogP contribution is -2.42. The zero-order valence-corrected chi connectivity index (χ0v) is 19.5. The Morgan fingerprint density at radius 2 is 1.70 bits per heavy atom. The van der Waals surface area contributed by atoms with Gasteiger partial charge in [0.15, 0.2) is 11.5 Å². The standard InChI is InChI=1S/C23H37N5O2/c1-15(2)28-10-8-16(9-11-28)25-21-17-12-19(29-6)20(30-7)13-18(17)26-22(27-21)24-14-23(3,4)5/h12-13,15-16H,8-11,14H2,1-7H3,(H2,24,25,26,27). The monoisotopic (exact) mass is 415 g/mol. The highest BCUT2D eigenvalue weighted by Crippen LogP contribution is 2.35. The molecule has 2 N–H and O–H groups in total. The van der Waals surface area contributed by atoms with E-state index in [1.807, 2.05) is 12.1 Å². The van der Waals surface area contributed by atoms with Gasteiger partial charge in [0.25, 0.3) is 0 Å². The summed E-state index contributed by atoms with van der Waals surface area (Å²) in [5.41, 5.74) is 0.967. The van der Waals surface area contributed by atoms with Crippen molar-refractivity contribution in [3.05, 3.63) is 12.1 Å². The molecule has 0 unspecified atom stereocenters. The normalized spacial score (nSPS) is 16.1. The number of rotatable bonds is 7. The average molecular weight is 416 g/mol. The minimum absolute atomic E-state index is 0.132. The number of piperidine rings is 1. The molecule has 0 aliphatic carbocycles. The lowest BCUT2D eigenvalue weighted by Gasteiger charge is -2.35. The van der Waals surface area contributed by atoms with Crippen LogP contribution in [0.15, 0.2) is 12.1 Å². The van der Waals surface area contributed by atoms with Crippen molar-refractivity contribution in [2.45, 2.75) is 59.5 Å². The van der Waals surface area contributed by atoms with Gasteiger partial charge in [0.1, 0.15) is 5.82 Å². The third-order valence-corrected chi connectivity index (χ3v) is 5.58. The molecule has 1 aromatic carbocycles. The van der Waals surface area contributed by atoms with Crippen LogP contribution in [0.1, 0.15) is 47.5 Å². The second kappa shape index (κ2) is 9.25. The minimum atomic E-state index is 0.132. The topological polar surface area (TPSA) is 71.5 Å². The summed E-state index contributed by atoms with van der Waals surface area (Å²) in [5.74, 6) is 2.83. The average Bonchev–Trinajstić information content (AvgIpc) is 2.71. The first kappa shape index (κ1) is 22.4. The van der Waals surface area contributed by atoms with Crippen molar-refractivity contribution in [2.24, 2.45) is 5.41 Å². The van der Waals surface area contributed by atoms with Gasteiger partial charge in [-0.2, -0.15) is 4.98 Å². The van der Waals surface area contributed by atoms with Gasteiger partial charge in [0, 0.05) is 43.2 Å². The third kappa shape index (κ3) is 5.45. The van der Waals surface area contributed by atoms with E-state index in [0.717, 1.165) is 49.2 Å². The number of ether oxygens (including phenoxy) is 2. The molecule has 2 heterocycles. The molecule has 7 heteroatoms. The van der Waals surface area contributed by atoms with E-state index in [0.29, 0.717) is 29.5 Å². The number of benzene rings is 1. The van der Waals surface area contributed by atoms with E-state index in [1.165, 1.54) is 0 Å². The molecule has 0 bridgehead atoms. The van der Waals surface area contributed by atoms with Crippen LogP contribution in [0.25, 0.3) is 10.9 Å². The number of fused-ring (bicyclic) bond motifs is 1. The van der Waals surface area contributed by atoms with Crippen LogP contribution in [-0.2, 0) is 0 Å². The molecule has 3 rings (SSSR count). The largest absolute Gasteiger partial charge is 0.493 e. The van der Waals surface area contributed by atoms with Gasteiger partial charge >= 0.3 is 0 Å². The number of hydrogen-bond acceptors (Lipinski definition) is 7.